The zero-order valence-corrected chi connectivity index (χ0v) is 21.3. The first kappa shape index (κ1) is 26.4. The van der Waals surface area contributed by atoms with Gasteiger partial charge in [0.05, 0.1) is 17.7 Å². The van der Waals surface area contributed by atoms with Crippen molar-refractivity contribution in [2.45, 2.75) is 47.2 Å². The van der Waals surface area contributed by atoms with Gasteiger partial charge in [-0.25, -0.2) is 4.39 Å². The molecule has 0 bridgehead atoms. The number of halogens is 1. The maximum Gasteiger partial charge on any atom is 0.259 e. The quantitative estimate of drug-likeness (QED) is 0.432. The number of amides is 1. The van der Waals surface area contributed by atoms with E-state index in [2.05, 4.69) is 31.0 Å². The molecule has 3 aromatic rings. The van der Waals surface area contributed by atoms with Gasteiger partial charge in [-0.05, 0) is 62.7 Å². The third-order valence-corrected chi connectivity index (χ3v) is 5.95. The van der Waals surface area contributed by atoms with Crippen LogP contribution in [-0.4, -0.2) is 47.7 Å². The van der Waals surface area contributed by atoms with Gasteiger partial charge in [-0.3, -0.25) is 14.2 Å². The molecule has 1 atom stereocenters. The molecule has 0 aliphatic heterocycles. The average Bonchev–Trinajstić information content (AvgIpc) is 2.82. The maximum absolute atomic E-state index is 14.0. The molecule has 1 amide bonds. The van der Waals surface area contributed by atoms with Crippen molar-refractivity contribution in [1.29, 1.82) is 0 Å². The normalized spacial score (nSPS) is 12.3. The second kappa shape index (κ2) is 12.0. The van der Waals surface area contributed by atoms with Crippen LogP contribution in [0.15, 0.2) is 53.3 Å². The fourth-order valence-electron chi connectivity index (χ4n) is 4.19. The van der Waals surface area contributed by atoms with Gasteiger partial charge in [0, 0.05) is 24.1 Å². The Kier molecular flexibility index (Phi) is 9.04. The summed E-state index contributed by atoms with van der Waals surface area (Å²) in [6.07, 6.45) is 0. The third kappa shape index (κ3) is 6.92. The molecule has 0 saturated heterocycles. The Labute approximate surface area is 206 Å². The number of nitrogens with one attached hydrogen (secondary N) is 1. The van der Waals surface area contributed by atoms with Gasteiger partial charge >= 0.3 is 0 Å². The van der Waals surface area contributed by atoms with Gasteiger partial charge in [-0.15, -0.1) is 0 Å². The molecular formula is C28H36FN3O3. The fourth-order valence-corrected chi connectivity index (χ4v) is 4.19. The standard InChI is InChI=1S/C28H36FN3O3/c1-6-31(7-2)16-20(5)18-35-24-12-11-21-14-26(22-9-8-10-23(29)13-22)32(28(34)25(21)15-24)17-27(33)30-19(3)4/h8-15,19-20H,6-7,16-18H2,1-5H3,(H,30,33)/t20-/m0/s1. The molecule has 0 aliphatic carbocycles. The molecule has 0 fully saturated rings. The lowest BCUT2D eigenvalue weighted by Gasteiger charge is -2.22. The summed E-state index contributed by atoms with van der Waals surface area (Å²) < 4.78 is 21.4. The number of hydrogen-bond donors (Lipinski definition) is 1. The highest BCUT2D eigenvalue weighted by Gasteiger charge is 2.16. The van der Waals surface area contributed by atoms with Gasteiger partial charge in [0.1, 0.15) is 18.1 Å². The van der Waals surface area contributed by atoms with E-state index in [9.17, 15) is 14.0 Å². The van der Waals surface area contributed by atoms with E-state index < -0.39 is 5.82 Å². The Morgan fingerprint density at radius 3 is 2.49 bits per heavy atom. The van der Waals surface area contributed by atoms with Crippen molar-refractivity contribution >= 4 is 16.7 Å². The predicted molar refractivity (Wildman–Crippen MR) is 139 cm³/mol. The van der Waals surface area contributed by atoms with E-state index in [1.54, 1.807) is 18.2 Å². The summed E-state index contributed by atoms with van der Waals surface area (Å²) in [5.74, 6) is 0.252. The van der Waals surface area contributed by atoms with Crippen molar-refractivity contribution in [3.05, 3.63) is 64.7 Å². The summed E-state index contributed by atoms with van der Waals surface area (Å²) in [5.41, 5.74) is 0.705. The number of aromatic nitrogens is 1. The number of hydrogen-bond acceptors (Lipinski definition) is 4. The molecule has 0 aliphatic rings. The minimum Gasteiger partial charge on any atom is -0.493 e. The number of ether oxygens (including phenoxy) is 1. The van der Waals surface area contributed by atoms with Crippen LogP contribution in [0.4, 0.5) is 4.39 Å². The van der Waals surface area contributed by atoms with E-state index in [1.165, 1.54) is 16.7 Å². The van der Waals surface area contributed by atoms with Crippen LogP contribution in [0.2, 0.25) is 0 Å². The van der Waals surface area contributed by atoms with Gasteiger partial charge in [0.25, 0.3) is 5.56 Å². The topological polar surface area (TPSA) is 63.6 Å². The highest BCUT2D eigenvalue weighted by molar-refractivity contribution is 5.87. The maximum atomic E-state index is 14.0. The van der Waals surface area contributed by atoms with Crippen LogP contribution in [0, 0.1) is 11.7 Å². The first-order chi connectivity index (χ1) is 16.7. The average molecular weight is 482 g/mol. The Hall–Kier alpha value is -3.19. The highest BCUT2D eigenvalue weighted by atomic mass is 19.1. The van der Waals surface area contributed by atoms with Crippen molar-refractivity contribution in [2.24, 2.45) is 5.92 Å². The molecule has 1 N–H and O–H groups in total. The van der Waals surface area contributed by atoms with Crippen molar-refractivity contribution < 1.29 is 13.9 Å². The van der Waals surface area contributed by atoms with Crippen LogP contribution in [0.3, 0.4) is 0 Å². The molecular weight excluding hydrogens is 445 g/mol. The number of nitrogens with zero attached hydrogens (tertiary/aromatic N) is 2. The van der Waals surface area contributed by atoms with Crippen molar-refractivity contribution in [1.82, 2.24) is 14.8 Å². The minimum absolute atomic E-state index is 0.0605. The summed E-state index contributed by atoms with van der Waals surface area (Å²) in [6.45, 7) is 13.5. The zero-order chi connectivity index (χ0) is 25.5. The SMILES string of the molecule is CCN(CC)C[C@H](C)COc1ccc2cc(-c3cccc(F)c3)n(CC(=O)NC(C)C)c(=O)c2c1. The van der Waals surface area contributed by atoms with Gasteiger partial charge in [0.2, 0.25) is 5.91 Å². The van der Waals surface area contributed by atoms with E-state index >= 15 is 0 Å². The molecule has 0 spiro atoms. The number of pyridine rings is 1. The lowest BCUT2D eigenvalue weighted by atomic mass is 10.1. The van der Waals surface area contributed by atoms with Gasteiger partial charge in [-0.1, -0.05) is 39.0 Å². The number of rotatable bonds is 11. The van der Waals surface area contributed by atoms with Crippen molar-refractivity contribution in [3.8, 4) is 17.0 Å². The lowest BCUT2D eigenvalue weighted by molar-refractivity contribution is -0.122. The van der Waals surface area contributed by atoms with E-state index in [4.69, 9.17) is 4.74 Å². The Morgan fingerprint density at radius 2 is 1.83 bits per heavy atom. The minimum atomic E-state index is -0.407. The number of carbonyl (C=O) groups is 1. The molecule has 7 heteroatoms. The van der Waals surface area contributed by atoms with Crippen LogP contribution in [-0.2, 0) is 11.3 Å². The van der Waals surface area contributed by atoms with Crippen LogP contribution in [0.1, 0.15) is 34.6 Å². The van der Waals surface area contributed by atoms with Crippen LogP contribution >= 0.6 is 0 Å². The van der Waals surface area contributed by atoms with Crippen LogP contribution in [0.5, 0.6) is 5.75 Å². The Bertz CT molecular complexity index is 1220. The summed E-state index contributed by atoms with van der Waals surface area (Å²) in [7, 11) is 0. The highest BCUT2D eigenvalue weighted by Crippen LogP contribution is 2.26. The van der Waals surface area contributed by atoms with Crippen molar-refractivity contribution in [2.75, 3.05) is 26.2 Å². The molecule has 35 heavy (non-hydrogen) atoms. The molecule has 2 aromatic carbocycles. The molecule has 6 nitrogen and oxygen atoms in total. The first-order valence-corrected chi connectivity index (χ1v) is 12.3. The summed E-state index contributed by atoms with van der Waals surface area (Å²) in [5, 5.41) is 3.99. The van der Waals surface area contributed by atoms with E-state index in [-0.39, 0.29) is 24.1 Å². The molecule has 0 unspecified atom stereocenters. The number of fused-ring (bicyclic) bond motifs is 1. The van der Waals surface area contributed by atoms with Gasteiger partial charge in [0.15, 0.2) is 0 Å². The number of benzene rings is 2. The second-order valence-corrected chi connectivity index (χ2v) is 9.30. The fraction of sp³-hybridized carbons (Fsp3) is 0.429. The van der Waals surface area contributed by atoms with Crippen LogP contribution in [0.25, 0.3) is 22.0 Å². The zero-order valence-electron chi connectivity index (χ0n) is 21.3. The molecule has 3 rings (SSSR count). The van der Waals surface area contributed by atoms with Gasteiger partial charge < -0.3 is 15.0 Å². The monoisotopic (exact) mass is 481 g/mol. The summed E-state index contributed by atoms with van der Waals surface area (Å²) >= 11 is 0. The largest absolute Gasteiger partial charge is 0.493 e. The van der Waals surface area contributed by atoms with E-state index in [1.807, 2.05) is 32.0 Å². The molecule has 1 aromatic heterocycles. The Balaban J connectivity index is 1.97. The lowest BCUT2D eigenvalue weighted by Crippen LogP contribution is -2.36. The Morgan fingerprint density at radius 1 is 1.09 bits per heavy atom. The smallest absolute Gasteiger partial charge is 0.259 e. The van der Waals surface area contributed by atoms with E-state index in [0.717, 1.165) is 19.6 Å². The number of carbonyl (C=O) groups excluding carboxylic acids is 1. The second-order valence-electron chi connectivity index (χ2n) is 9.30. The molecule has 0 saturated carbocycles. The molecule has 188 valence electrons. The third-order valence-electron chi connectivity index (χ3n) is 5.95. The first-order valence-electron chi connectivity index (χ1n) is 12.3. The van der Waals surface area contributed by atoms with E-state index in [0.29, 0.717) is 40.3 Å². The molecule has 1 heterocycles. The predicted octanol–water partition coefficient (Wildman–Crippen LogP) is 4.69. The van der Waals surface area contributed by atoms with Crippen molar-refractivity contribution in [3.63, 3.8) is 0 Å². The molecule has 0 radical (unpaired) electrons. The summed E-state index contributed by atoms with van der Waals surface area (Å²) in [6, 6.07) is 13.2. The van der Waals surface area contributed by atoms with Gasteiger partial charge in [-0.2, -0.15) is 0 Å². The van der Waals surface area contributed by atoms with Crippen LogP contribution < -0.4 is 15.6 Å². The summed E-state index contributed by atoms with van der Waals surface area (Å²) in [4.78, 5) is 28.5.